The van der Waals surface area contributed by atoms with Gasteiger partial charge in [-0.15, -0.1) is 0 Å². The maximum absolute atomic E-state index is 13.0. The molecule has 0 aliphatic rings. The number of hydrogen-bond acceptors (Lipinski definition) is 1. The monoisotopic (exact) mass is 215 g/mol. The zero-order valence-corrected chi connectivity index (χ0v) is 9.24. The summed E-state index contributed by atoms with van der Waals surface area (Å²) >= 11 is 5.81. The molecule has 0 aromatic heterocycles. The zero-order valence-electron chi connectivity index (χ0n) is 8.48. The van der Waals surface area contributed by atoms with Crippen LogP contribution in [0.15, 0.2) is 18.2 Å². The third kappa shape index (κ3) is 3.28. The van der Waals surface area contributed by atoms with Gasteiger partial charge < -0.3 is 5.32 Å². The van der Waals surface area contributed by atoms with Gasteiger partial charge in [0, 0.05) is 6.04 Å². The van der Waals surface area contributed by atoms with Crippen molar-refractivity contribution < 1.29 is 4.39 Å². The first-order chi connectivity index (χ1) is 6.61. The predicted octanol–water partition coefficient (Wildman–Crippen LogP) is 3.02. The van der Waals surface area contributed by atoms with Gasteiger partial charge in [0.05, 0.1) is 5.02 Å². The molecule has 78 valence electrons. The molecule has 0 bridgehead atoms. The van der Waals surface area contributed by atoms with Crippen molar-refractivity contribution >= 4 is 11.6 Å². The molecule has 0 spiro atoms. The Morgan fingerprint density at radius 3 is 2.79 bits per heavy atom. The van der Waals surface area contributed by atoms with Crippen LogP contribution in [0.2, 0.25) is 5.02 Å². The SMILES string of the molecule is CC(C)NCCc1cccc(F)c1Cl. The van der Waals surface area contributed by atoms with Crippen molar-refractivity contribution in [3.05, 3.63) is 34.6 Å². The number of rotatable bonds is 4. The Morgan fingerprint density at radius 1 is 1.43 bits per heavy atom. The van der Waals surface area contributed by atoms with Gasteiger partial charge in [-0.3, -0.25) is 0 Å². The molecule has 0 unspecified atom stereocenters. The Morgan fingerprint density at radius 2 is 2.14 bits per heavy atom. The van der Waals surface area contributed by atoms with Crippen LogP contribution in [-0.4, -0.2) is 12.6 Å². The summed E-state index contributed by atoms with van der Waals surface area (Å²) in [5, 5.41) is 3.51. The lowest BCUT2D eigenvalue weighted by molar-refractivity contribution is 0.587. The van der Waals surface area contributed by atoms with Gasteiger partial charge in [-0.1, -0.05) is 37.6 Å². The van der Waals surface area contributed by atoms with E-state index in [1.165, 1.54) is 6.07 Å². The lowest BCUT2D eigenvalue weighted by Crippen LogP contribution is -2.25. The molecule has 0 amide bonds. The summed E-state index contributed by atoms with van der Waals surface area (Å²) in [6.45, 7) is 4.97. The van der Waals surface area contributed by atoms with E-state index in [0.29, 0.717) is 6.04 Å². The fourth-order valence-corrected chi connectivity index (χ4v) is 1.46. The molecule has 14 heavy (non-hydrogen) atoms. The highest BCUT2D eigenvalue weighted by Gasteiger charge is 2.04. The summed E-state index contributed by atoms with van der Waals surface area (Å²) < 4.78 is 13.0. The molecule has 0 radical (unpaired) electrons. The first-order valence-corrected chi connectivity index (χ1v) is 5.15. The van der Waals surface area contributed by atoms with E-state index >= 15 is 0 Å². The highest BCUT2D eigenvalue weighted by atomic mass is 35.5. The third-order valence-electron chi connectivity index (χ3n) is 1.98. The van der Waals surface area contributed by atoms with Crippen molar-refractivity contribution in [1.82, 2.24) is 5.32 Å². The predicted molar refractivity (Wildman–Crippen MR) is 58.3 cm³/mol. The van der Waals surface area contributed by atoms with Crippen LogP contribution >= 0.6 is 11.6 Å². The Balaban J connectivity index is 2.54. The summed E-state index contributed by atoms with van der Waals surface area (Å²) in [6, 6.07) is 5.36. The second kappa shape index (κ2) is 5.32. The van der Waals surface area contributed by atoms with Crippen LogP contribution < -0.4 is 5.32 Å². The molecule has 3 heteroatoms. The second-order valence-corrected chi connectivity index (χ2v) is 3.95. The van der Waals surface area contributed by atoms with Gasteiger partial charge in [0.1, 0.15) is 5.82 Å². The molecule has 0 aliphatic carbocycles. The summed E-state index contributed by atoms with van der Waals surface area (Å²) in [6.07, 6.45) is 0.759. The molecule has 1 aromatic carbocycles. The molecule has 0 heterocycles. The summed E-state index contributed by atoms with van der Waals surface area (Å²) in [5.41, 5.74) is 0.861. The molecule has 0 saturated heterocycles. The van der Waals surface area contributed by atoms with Gasteiger partial charge in [0.15, 0.2) is 0 Å². The summed E-state index contributed by atoms with van der Waals surface area (Å²) in [7, 11) is 0. The lowest BCUT2D eigenvalue weighted by Gasteiger charge is -2.08. The highest BCUT2D eigenvalue weighted by molar-refractivity contribution is 6.31. The molecule has 0 fully saturated rings. The zero-order chi connectivity index (χ0) is 10.6. The van der Waals surface area contributed by atoms with E-state index in [9.17, 15) is 4.39 Å². The molecule has 0 atom stereocenters. The smallest absolute Gasteiger partial charge is 0.142 e. The standard InChI is InChI=1S/C11H15ClFN/c1-8(2)14-7-6-9-4-3-5-10(13)11(9)12/h3-5,8,14H,6-7H2,1-2H3. The largest absolute Gasteiger partial charge is 0.314 e. The molecule has 1 N–H and O–H groups in total. The van der Waals surface area contributed by atoms with Gasteiger partial charge in [-0.05, 0) is 24.6 Å². The van der Waals surface area contributed by atoms with Crippen LogP contribution in [0, 0.1) is 5.82 Å². The highest BCUT2D eigenvalue weighted by Crippen LogP contribution is 2.19. The van der Waals surface area contributed by atoms with Gasteiger partial charge in [-0.25, -0.2) is 4.39 Å². The van der Waals surface area contributed by atoms with Crippen molar-refractivity contribution in [1.29, 1.82) is 0 Å². The van der Waals surface area contributed by atoms with E-state index in [2.05, 4.69) is 19.2 Å². The van der Waals surface area contributed by atoms with Crippen LogP contribution in [0.1, 0.15) is 19.4 Å². The average molecular weight is 216 g/mol. The van der Waals surface area contributed by atoms with Crippen LogP contribution in [0.25, 0.3) is 0 Å². The fraction of sp³-hybridized carbons (Fsp3) is 0.455. The Labute approximate surface area is 89.3 Å². The van der Waals surface area contributed by atoms with E-state index in [1.54, 1.807) is 6.07 Å². The summed E-state index contributed by atoms with van der Waals surface area (Å²) in [4.78, 5) is 0. The molecule has 0 saturated carbocycles. The molecule has 1 aromatic rings. The van der Waals surface area contributed by atoms with E-state index in [1.807, 2.05) is 6.07 Å². The number of benzene rings is 1. The first-order valence-electron chi connectivity index (χ1n) is 4.77. The molecule has 1 rings (SSSR count). The quantitative estimate of drug-likeness (QED) is 0.814. The molecule has 0 aliphatic heterocycles. The van der Waals surface area contributed by atoms with Crippen LogP contribution in [0.4, 0.5) is 4.39 Å². The minimum atomic E-state index is -0.339. The second-order valence-electron chi connectivity index (χ2n) is 3.57. The van der Waals surface area contributed by atoms with Gasteiger partial charge >= 0.3 is 0 Å². The maximum atomic E-state index is 13.0. The minimum absolute atomic E-state index is 0.248. The van der Waals surface area contributed by atoms with Crippen LogP contribution in [0.5, 0.6) is 0 Å². The average Bonchev–Trinajstić information content (AvgIpc) is 2.12. The molecular formula is C11H15ClFN. The van der Waals surface area contributed by atoms with Crippen molar-refractivity contribution in [2.24, 2.45) is 0 Å². The van der Waals surface area contributed by atoms with Gasteiger partial charge in [0.2, 0.25) is 0 Å². The van der Waals surface area contributed by atoms with E-state index in [-0.39, 0.29) is 10.8 Å². The van der Waals surface area contributed by atoms with Crippen molar-refractivity contribution in [2.45, 2.75) is 26.3 Å². The lowest BCUT2D eigenvalue weighted by atomic mass is 10.1. The Kier molecular flexibility index (Phi) is 4.36. The third-order valence-corrected chi connectivity index (χ3v) is 2.40. The first kappa shape index (κ1) is 11.5. The Hall–Kier alpha value is -0.600. The topological polar surface area (TPSA) is 12.0 Å². The fourth-order valence-electron chi connectivity index (χ4n) is 1.24. The minimum Gasteiger partial charge on any atom is -0.314 e. The van der Waals surface area contributed by atoms with Gasteiger partial charge in [0.25, 0.3) is 0 Å². The number of halogens is 2. The van der Waals surface area contributed by atoms with Crippen molar-refractivity contribution in [2.75, 3.05) is 6.54 Å². The van der Waals surface area contributed by atoms with Crippen molar-refractivity contribution in [3.63, 3.8) is 0 Å². The van der Waals surface area contributed by atoms with Crippen molar-refractivity contribution in [3.8, 4) is 0 Å². The maximum Gasteiger partial charge on any atom is 0.142 e. The number of hydrogen-bond donors (Lipinski definition) is 1. The molecular weight excluding hydrogens is 201 g/mol. The molecule has 1 nitrogen and oxygen atoms in total. The Bertz CT molecular complexity index is 299. The van der Waals surface area contributed by atoms with E-state index in [4.69, 9.17) is 11.6 Å². The van der Waals surface area contributed by atoms with Gasteiger partial charge in [-0.2, -0.15) is 0 Å². The van der Waals surface area contributed by atoms with E-state index < -0.39 is 0 Å². The number of nitrogens with one attached hydrogen (secondary N) is 1. The normalized spacial score (nSPS) is 10.9. The van der Waals surface area contributed by atoms with E-state index in [0.717, 1.165) is 18.5 Å². The van der Waals surface area contributed by atoms with Crippen LogP contribution in [0.3, 0.4) is 0 Å². The summed E-state index contributed by atoms with van der Waals surface area (Å²) in [5.74, 6) is -0.339. The van der Waals surface area contributed by atoms with Crippen LogP contribution in [-0.2, 0) is 6.42 Å².